The molecule has 0 radical (unpaired) electrons. The van der Waals surface area contributed by atoms with Crippen LogP contribution in [0.3, 0.4) is 0 Å². The number of hydrogen-bond acceptors (Lipinski definition) is 2. The van der Waals surface area contributed by atoms with Crippen molar-refractivity contribution in [2.24, 2.45) is 0 Å². The second-order valence-electron chi connectivity index (χ2n) is 10.2. The summed E-state index contributed by atoms with van der Waals surface area (Å²) in [6.07, 6.45) is 14.3. The number of ether oxygens (including phenoxy) is 1. The number of aliphatic hydroxyl groups is 1. The first-order valence-corrected chi connectivity index (χ1v) is 14.3. The molecule has 1 N–H and O–H groups in total. The van der Waals surface area contributed by atoms with Crippen molar-refractivity contribution in [3.05, 3.63) is 126 Å². The summed E-state index contributed by atoms with van der Waals surface area (Å²) in [4.78, 5) is 0. The van der Waals surface area contributed by atoms with Gasteiger partial charge in [0.25, 0.3) is 0 Å². The van der Waals surface area contributed by atoms with Gasteiger partial charge >= 0.3 is 5.82 Å². The largest absolute Gasteiger partial charge is 0.370 e. The van der Waals surface area contributed by atoms with E-state index in [1.54, 1.807) is 0 Å². The Bertz CT molecular complexity index is 1150. The molecule has 1 aromatic heterocycles. The van der Waals surface area contributed by atoms with Crippen molar-refractivity contribution in [2.75, 3.05) is 6.61 Å². The van der Waals surface area contributed by atoms with Gasteiger partial charge in [-0.05, 0) is 12.0 Å². The molecule has 4 nitrogen and oxygen atoms in total. The summed E-state index contributed by atoms with van der Waals surface area (Å²) < 4.78 is 10.4. The molecular formula is C34H43N2O2+. The van der Waals surface area contributed by atoms with Crippen LogP contribution in [0.1, 0.15) is 80.8 Å². The summed E-state index contributed by atoms with van der Waals surface area (Å²) in [6, 6.07) is 30.3. The molecule has 0 unspecified atom stereocenters. The summed E-state index contributed by atoms with van der Waals surface area (Å²) in [5.74, 6) is 0.787. The predicted molar refractivity (Wildman–Crippen MR) is 154 cm³/mol. The molecule has 38 heavy (non-hydrogen) atoms. The van der Waals surface area contributed by atoms with E-state index in [2.05, 4.69) is 46.5 Å². The van der Waals surface area contributed by atoms with Crippen molar-refractivity contribution in [1.29, 1.82) is 0 Å². The van der Waals surface area contributed by atoms with Gasteiger partial charge in [0, 0.05) is 11.1 Å². The van der Waals surface area contributed by atoms with Crippen molar-refractivity contribution in [3.63, 3.8) is 0 Å². The van der Waals surface area contributed by atoms with Gasteiger partial charge in [-0.1, -0.05) is 143 Å². The zero-order chi connectivity index (χ0) is 26.5. The predicted octanol–water partition coefficient (Wildman–Crippen LogP) is 7.22. The van der Waals surface area contributed by atoms with Gasteiger partial charge < -0.3 is 9.84 Å². The lowest BCUT2D eigenvalue weighted by Gasteiger charge is -2.27. The average Bonchev–Trinajstić information content (AvgIpc) is 3.37. The summed E-state index contributed by atoms with van der Waals surface area (Å²) >= 11 is 0. The van der Waals surface area contributed by atoms with Crippen LogP contribution in [0.4, 0.5) is 0 Å². The fourth-order valence-corrected chi connectivity index (χ4v) is 5.18. The number of imidazole rings is 1. The Kier molecular flexibility index (Phi) is 10.7. The molecule has 0 atom stereocenters. The highest BCUT2D eigenvalue weighted by molar-refractivity contribution is 5.41. The lowest BCUT2D eigenvalue weighted by Crippen LogP contribution is -2.47. The monoisotopic (exact) mass is 511 g/mol. The maximum atomic E-state index is 12.6. The zero-order valence-corrected chi connectivity index (χ0v) is 22.8. The summed E-state index contributed by atoms with van der Waals surface area (Å²) in [5.41, 5.74) is 1.50. The fraction of sp³-hybridized carbons (Fsp3) is 0.382. The van der Waals surface area contributed by atoms with E-state index in [1.807, 2.05) is 72.9 Å². The van der Waals surface area contributed by atoms with E-state index in [9.17, 15) is 5.11 Å². The van der Waals surface area contributed by atoms with Crippen LogP contribution in [0.25, 0.3) is 0 Å². The van der Waals surface area contributed by atoms with Gasteiger partial charge in [-0.15, -0.1) is 0 Å². The van der Waals surface area contributed by atoms with Crippen LogP contribution in [0.15, 0.2) is 103 Å². The number of hydrogen-bond donors (Lipinski definition) is 1. The third-order valence-corrected chi connectivity index (χ3v) is 7.25. The van der Waals surface area contributed by atoms with Gasteiger partial charge in [-0.3, -0.25) is 0 Å². The van der Waals surface area contributed by atoms with E-state index in [0.29, 0.717) is 13.3 Å². The van der Waals surface area contributed by atoms with Gasteiger partial charge in [-0.25, -0.2) is 9.13 Å². The van der Waals surface area contributed by atoms with E-state index in [4.69, 9.17) is 4.74 Å². The molecule has 0 amide bonds. The number of benzene rings is 3. The summed E-state index contributed by atoms with van der Waals surface area (Å²) in [5, 5.41) is 12.6. The molecule has 0 aliphatic carbocycles. The zero-order valence-electron chi connectivity index (χ0n) is 22.8. The molecule has 0 bridgehead atoms. The maximum absolute atomic E-state index is 12.6. The SMILES string of the molecule is CCCCCCCCCCOCn1cc[n+](Cc2ccccc2)c1C(O)(c1ccccc1)c1ccccc1. The number of aromatic nitrogens is 2. The Morgan fingerprint density at radius 1 is 0.711 bits per heavy atom. The van der Waals surface area contributed by atoms with E-state index >= 15 is 0 Å². The van der Waals surface area contributed by atoms with Crippen molar-refractivity contribution in [2.45, 2.75) is 77.2 Å². The fourth-order valence-electron chi connectivity index (χ4n) is 5.18. The van der Waals surface area contributed by atoms with E-state index < -0.39 is 5.60 Å². The number of nitrogens with zero attached hydrogens (tertiary/aromatic N) is 2. The van der Waals surface area contributed by atoms with Crippen LogP contribution < -0.4 is 4.57 Å². The van der Waals surface area contributed by atoms with Gasteiger partial charge in [0.05, 0.1) is 6.61 Å². The second-order valence-corrected chi connectivity index (χ2v) is 10.2. The van der Waals surface area contributed by atoms with Crippen LogP contribution in [-0.4, -0.2) is 16.3 Å². The first-order chi connectivity index (χ1) is 18.7. The molecular weight excluding hydrogens is 468 g/mol. The minimum Gasteiger partial charge on any atom is -0.370 e. The van der Waals surface area contributed by atoms with Crippen LogP contribution >= 0.6 is 0 Å². The minimum absolute atomic E-state index is 0.398. The first-order valence-electron chi connectivity index (χ1n) is 14.3. The van der Waals surface area contributed by atoms with Crippen molar-refractivity contribution in [1.82, 2.24) is 4.57 Å². The number of rotatable bonds is 16. The molecule has 4 heteroatoms. The number of unbranched alkanes of at least 4 members (excludes halogenated alkanes) is 7. The first kappa shape index (κ1) is 27.8. The molecule has 0 aliphatic rings. The highest BCUT2D eigenvalue weighted by Gasteiger charge is 2.45. The minimum atomic E-state index is -1.34. The lowest BCUT2D eigenvalue weighted by atomic mass is 9.85. The van der Waals surface area contributed by atoms with Crippen LogP contribution in [-0.2, 0) is 23.6 Å². The van der Waals surface area contributed by atoms with Crippen molar-refractivity contribution < 1.29 is 14.4 Å². The van der Waals surface area contributed by atoms with Crippen molar-refractivity contribution >= 4 is 0 Å². The second kappa shape index (κ2) is 14.7. The molecule has 0 spiro atoms. The molecule has 3 aromatic carbocycles. The van der Waals surface area contributed by atoms with E-state index in [-0.39, 0.29) is 0 Å². The smallest absolute Gasteiger partial charge is 0.300 e. The van der Waals surface area contributed by atoms with Crippen molar-refractivity contribution in [3.8, 4) is 0 Å². The molecule has 0 saturated heterocycles. The summed E-state index contributed by atoms with van der Waals surface area (Å²) in [6.45, 7) is 4.04. The third-order valence-electron chi connectivity index (χ3n) is 7.25. The van der Waals surface area contributed by atoms with E-state index in [1.165, 1.54) is 50.5 Å². The summed E-state index contributed by atoms with van der Waals surface area (Å²) in [7, 11) is 0. The molecule has 4 rings (SSSR count). The van der Waals surface area contributed by atoms with E-state index in [0.717, 1.165) is 30.0 Å². The van der Waals surface area contributed by atoms with Gasteiger partial charge in [0.1, 0.15) is 18.9 Å². The van der Waals surface area contributed by atoms with Gasteiger partial charge in [0.2, 0.25) is 5.60 Å². The third kappa shape index (κ3) is 7.21. The average molecular weight is 512 g/mol. The Morgan fingerprint density at radius 3 is 1.82 bits per heavy atom. The molecule has 1 heterocycles. The van der Waals surface area contributed by atoms with Crippen LogP contribution in [0.5, 0.6) is 0 Å². The quantitative estimate of drug-likeness (QED) is 0.127. The van der Waals surface area contributed by atoms with Gasteiger partial charge in [0.15, 0.2) is 6.73 Å². The molecule has 200 valence electrons. The Labute approximate surface area is 228 Å². The Hall–Kier alpha value is -3.21. The molecule has 0 aliphatic heterocycles. The topological polar surface area (TPSA) is 38.3 Å². The van der Waals surface area contributed by atoms with Crippen LogP contribution in [0, 0.1) is 0 Å². The standard InChI is InChI=1S/C34H43N2O2/c1-2-3-4-5-6-7-8-18-27-38-29-36-26-25-35(28-30-19-12-9-13-20-30)33(36)34(37,31-21-14-10-15-22-31)32-23-16-11-17-24-32/h9-17,19-26,37H,2-8,18,27-29H2,1H3/q+1. The highest BCUT2D eigenvalue weighted by atomic mass is 16.5. The lowest BCUT2D eigenvalue weighted by molar-refractivity contribution is -0.700. The molecule has 4 aromatic rings. The molecule has 0 fully saturated rings. The normalized spacial score (nSPS) is 11.6. The molecule has 0 saturated carbocycles. The van der Waals surface area contributed by atoms with Crippen LogP contribution in [0.2, 0.25) is 0 Å². The Balaban J connectivity index is 1.56. The highest BCUT2D eigenvalue weighted by Crippen LogP contribution is 2.35. The van der Waals surface area contributed by atoms with Gasteiger partial charge in [-0.2, -0.15) is 0 Å². The Morgan fingerprint density at radius 2 is 1.24 bits per heavy atom. The maximum Gasteiger partial charge on any atom is 0.300 e.